The minimum absolute atomic E-state index is 0.00860. The molecular weight excluding hydrogens is 336 g/mol. The molecule has 0 saturated carbocycles. The van der Waals surface area contributed by atoms with E-state index in [1.54, 1.807) is 6.07 Å². The number of nitrogen functional groups attached to an aromatic ring is 1. The standard InChI is InChI=1S/C18H16N4O4/c1-9-2-3-13-10(4-9)17(12(7-19)18(20)21-13)11-5-15-16(26-8-25-15)6-14(11)22(23)24/h5-6,9H,2-4,8H2,1H3,(H2,20,21). The van der Waals surface area contributed by atoms with E-state index in [1.807, 2.05) is 0 Å². The summed E-state index contributed by atoms with van der Waals surface area (Å²) in [5.41, 5.74) is 8.50. The summed E-state index contributed by atoms with van der Waals surface area (Å²) < 4.78 is 10.7. The zero-order valence-corrected chi connectivity index (χ0v) is 14.1. The lowest BCUT2D eigenvalue weighted by Crippen LogP contribution is -2.17. The van der Waals surface area contributed by atoms with Crippen LogP contribution in [-0.4, -0.2) is 16.7 Å². The molecule has 0 saturated heterocycles. The van der Waals surface area contributed by atoms with Crippen LogP contribution >= 0.6 is 0 Å². The molecule has 1 aliphatic heterocycles. The average molecular weight is 352 g/mol. The molecule has 0 bridgehead atoms. The highest BCUT2D eigenvalue weighted by Crippen LogP contribution is 2.46. The summed E-state index contributed by atoms with van der Waals surface area (Å²) in [4.78, 5) is 15.6. The zero-order chi connectivity index (χ0) is 18.4. The molecule has 2 heterocycles. The van der Waals surface area contributed by atoms with Crippen molar-refractivity contribution in [3.05, 3.63) is 39.1 Å². The highest BCUT2D eigenvalue weighted by atomic mass is 16.7. The summed E-state index contributed by atoms with van der Waals surface area (Å²) >= 11 is 0. The van der Waals surface area contributed by atoms with Crippen LogP contribution < -0.4 is 15.2 Å². The van der Waals surface area contributed by atoms with Crippen molar-refractivity contribution in [2.75, 3.05) is 12.5 Å². The van der Waals surface area contributed by atoms with Gasteiger partial charge in [-0.3, -0.25) is 10.1 Å². The number of benzene rings is 1. The van der Waals surface area contributed by atoms with Gasteiger partial charge in [0.25, 0.3) is 5.69 Å². The van der Waals surface area contributed by atoms with Crippen LogP contribution in [0.1, 0.15) is 30.2 Å². The Balaban J connectivity index is 2.06. The quantitative estimate of drug-likeness (QED) is 0.650. The first-order chi connectivity index (χ1) is 12.5. The van der Waals surface area contributed by atoms with Crippen LogP contribution in [0.2, 0.25) is 0 Å². The van der Waals surface area contributed by atoms with Crippen LogP contribution in [0.3, 0.4) is 0 Å². The third kappa shape index (κ3) is 2.40. The molecule has 1 aliphatic carbocycles. The second kappa shape index (κ2) is 5.88. The molecule has 26 heavy (non-hydrogen) atoms. The van der Waals surface area contributed by atoms with Gasteiger partial charge in [0.1, 0.15) is 17.5 Å². The number of anilines is 1. The normalized spacial score (nSPS) is 17.5. The number of aromatic nitrogens is 1. The van der Waals surface area contributed by atoms with Gasteiger partial charge in [0.2, 0.25) is 6.79 Å². The number of hydrogen-bond donors (Lipinski definition) is 1. The Hall–Kier alpha value is -3.34. The number of nitriles is 1. The Morgan fingerprint density at radius 3 is 2.81 bits per heavy atom. The number of nitrogens with two attached hydrogens (primary N) is 1. The lowest BCUT2D eigenvalue weighted by molar-refractivity contribution is -0.384. The van der Waals surface area contributed by atoms with Crippen molar-refractivity contribution < 1.29 is 14.4 Å². The van der Waals surface area contributed by atoms with Gasteiger partial charge in [-0.25, -0.2) is 4.98 Å². The summed E-state index contributed by atoms with van der Waals surface area (Å²) in [6, 6.07) is 4.99. The number of ether oxygens (including phenoxy) is 2. The predicted octanol–water partition coefficient (Wildman–Crippen LogP) is 2.96. The third-order valence-corrected chi connectivity index (χ3v) is 4.91. The molecule has 2 aromatic rings. The van der Waals surface area contributed by atoms with E-state index >= 15 is 0 Å². The first kappa shape index (κ1) is 16.1. The van der Waals surface area contributed by atoms with Crippen molar-refractivity contribution in [3.8, 4) is 28.7 Å². The van der Waals surface area contributed by atoms with Crippen molar-refractivity contribution in [2.24, 2.45) is 5.92 Å². The molecule has 8 heteroatoms. The highest BCUT2D eigenvalue weighted by molar-refractivity contribution is 5.86. The van der Waals surface area contributed by atoms with Gasteiger partial charge in [-0.1, -0.05) is 6.92 Å². The van der Waals surface area contributed by atoms with Gasteiger partial charge in [0.05, 0.1) is 16.6 Å². The van der Waals surface area contributed by atoms with Crippen LogP contribution in [0.25, 0.3) is 11.1 Å². The van der Waals surface area contributed by atoms with Crippen LogP contribution in [0, 0.1) is 27.4 Å². The summed E-state index contributed by atoms with van der Waals surface area (Å²) in [6.07, 6.45) is 2.39. The number of nitrogens with zero attached hydrogens (tertiary/aromatic N) is 3. The molecule has 8 nitrogen and oxygen atoms in total. The number of pyridine rings is 1. The van der Waals surface area contributed by atoms with Crippen molar-refractivity contribution in [1.29, 1.82) is 5.26 Å². The molecule has 132 valence electrons. The second-order valence-corrected chi connectivity index (χ2v) is 6.61. The van der Waals surface area contributed by atoms with E-state index in [4.69, 9.17) is 15.2 Å². The highest BCUT2D eigenvalue weighted by Gasteiger charge is 2.31. The smallest absolute Gasteiger partial charge is 0.281 e. The van der Waals surface area contributed by atoms with Crippen LogP contribution in [0.15, 0.2) is 12.1 Å². The molecule has 0 amide bonds. The number of nitro benzene ring substituents is 1. The lowest BCUT2D eigenvalue weighted by atomic mass is 9.81. The summed E-state index contributed by atoms with van der Waals surface area (Å²) in [7, 11) is 0. The molecule has 4 rings (SSSR count). The topological polar surface area (TPSA) is 124 Å². The average Bonchev–Trinajstić information content (AvgIpc) is 3.07. The van der Waals surface area contributed by atoms with Crippen molar-refractivity contribution in [3.63, 3.8) is 0 Å². The number of rotatable bonds is 2. The zero-order valence-electron chi connectivity index (χ0n) is 14.1. The SMILES string of the molecule is CC1CCc2nc(N)c(C#N)c(-c3cc4c(cc3[N+](=O)[O-])OCO4)c2C1. The molecule has 0 radical (unpaired) electrons. The molecule has 2 aliphatic rings. The molecule has 0 fully saturated rings. The second-order valence-electron chi connectivity index (χ2n) is 6.61. The van der Waals surface area contributed by atoms with Gasteiger partial charge in [-0.05, 0) is 36.8 Å². The van der Waals surface area contributed by atoms with E-state index in [-0.39, 0.29) is 23.9 Å². The Kier molecular flexibility index (Phi) is 3.65. The van der Waals surface area contributed by atoms with Gasteiger partial charge in [0.15, 0.2) is 11.5 Å². The summed E-state index contributed by atoms with van der Waals surface area (Å²) in [5.74, 6) is 1.24. The van der Waals surface area contributed by atoms with Crippen molar-refractivity contribution in [1.82, 2.24) is 4.98 Å². The van der Waals surface area contributed by atoms with Gasteiger partial charge >= 0.3 is 0 Å². The minimum Gasteiger partial charge on any atom is -0.454 e. The third-order valence-electron chi connectivity index (χ3n) is 4.91. The van der Waals surface area contributed by atoms with Crippen LogP contribution in [0.5, 0.6) is 11.5 Å². The molecule has 1 aromatic carbocycles. The maximum Gasteiger partial charge on any atom is 0.281 e. The Bertz CT molecular complexity index is 980. The number of hydrogen-bond acceptors (Lipinski definition) is 7. The molecule has 1 atom stereocenters. The van der Waals surface area contributed by atoms with Crippen molar-refractivity contribution in [2.45, 2.75) is 26.2 Å². The fourth-order valence-corrected chi connectivity index (χ4v) is 3.65. The number of nitro groups is 1. The lowest BCUT2D eigenvalue weighted by Gasteiger charge is -2.25. The molecule has 2 N–H and O–H groups in total. The van der Waals surface area contributed by atoms with Crippen LogP contribution in [0.4, 0.5) is 11.5 Å². The Morgan fingerprint density at radius 1 is 1.38 bits per heavy atom. The van der Waals surface area contributed by atoms with Gasteiger partial charge < -0.3 is 15.2 Å². The maximum absolute atomic E-state index is 11.7. The molecule has 1 aromatic heterocycles. The molecule has 1 unspecified atom stereocenters. The summed E-state index contributed by atoms with van der Waals surface area (Å²) in [5, 5.41) is 21.3. The maximum atomic E-state index is 11.7. The van der Waals surface area contributed by atoms with Gasteiger partial charge in [-0.15, -0.1) is 0 Å². The largest absolute Gasteiger partial charge is 0.454 e. The first-order valence-corrected chi connectivity index (χ1v) is 8.29. The van der Waals surface area contributed by atoms with E-state index < -0.39 is 4.92 Å². The van der Waals surface area contributed by atoms with E-state index in [0.717, 1.165) is 24.1 Å². The fraction of sp³-hybridized carbons (Fsp3) is 0.333. The van der Waals surface area contributed by atoms with E-state index in [1.165, 1.54) is 6.07 Å². The number of fused-ring (bicyclic) bond motifs is 2. The van der Waals surface area contributed by atoms with Crippen LogP contribution in [-0.2, 0) is 12.8 Å². The number of aryl methyl sites for hydroxylation is 1. The van der Waals surface area contributed by atoms with Crippen molar-refractivity contribution >= 4 is 11.5 Å². The van der Waals surface area contributed by atoms with E-state index in [9.17, 15) is 15.4 Å². The van der Waals surface area contributed by atoms with E-state index in [2.05, 4.69) is 18.0 Å². The Morgan fingerprint density at radius 2 is 2.12 bits per heavy atom. The monoisotopic (exact) mass is 352 g/mol. The van der Waals surface area contributed by atoms with E-state index in [0.29, 0.717) is 35.0 Å². The minimum atomic E-state index is -0.478. The van der Waals surface area contributed by atoms with Gasteiger partial charge in [0, 0.05) is 11.3 Å². The molecule has 0 spiro atoms. The van der Waals surface area contributed by atoms with Gasteiger partial charge in [-0.2, -0.15) is 5.26 Å². The fourth-order valence-electron chi connectivity index (χ4n) is 3.65. The summed E-state index contributed by atoms with van der Waals surface area (Å²) in [6.45, 7) is 2.12. The predicted molar refractivity (Wildman–Crippen MR) is 92.8 cm³/mol. The first-order valence-electron chi connectivity index (χ1n) is 8.29. The molecular formula is C18H16N4O4. The Labute approximate surface area is 149 Å².